The van der Waals surface area contributed by atoms with Gasteiger partial charge in [-0.1, -0.05) is 0 Å². The third-order valence-electron chi connectivity index (χ3n) is 3.38. The van der Waals surface area contributed by atoms with Crippen LogP contribution in [0.5, 0.6) is 0 Å². The number of nitrogens with zero attached hydrogens (tertiary/aromatic N) is 4. The summed E-state index contributed by atoms with van der Waals surface area (Å²) in [5.41, 5.74) is 2.05. The van der Waals surface area contributed by atoms with Crippen LogP contribution in [0.2, 0.25) is 0 Å². The molecule has 7 heteroatoms. The average molecular weight is 286 g/mol. The maximum Gasteiger partial charge on any atom is 0.325 e. The van der Waals surface area contributed by atoms with Gasteiger partial charge in [0.1, 0.15) is 6.54 Å². The number of fused-ring (bicyclic) bond motifs is 1. The second kappa shape index (κ2) is 5.35. The first-order valence-electron chi connectivity index (χ1n) is 6.54. The third kappa shape index (κ3) is 2.49. The summed E-state index contributed by atoms with van der Waals surface area (Å²) in [4.78, 5) is 29.2. The van der Waals surface area contributed by atoms with E-state index in [9.17, 15) is 9.59 Å². The van der Waals surface area contributed by atoms with Crippen LogP contribution in [-0.4, -0.2) is 51.7 Å². The van der Waals surface area contributed by atoms with E-state index in [2.05, 4.69) is 14.8 Å². The third-order valence-corrected chi connectivity index (χ3v) is 3.38. The molecule has 0 spiro atoms. The normalized spacial score (nSPS) is 14.0. The van der Waals surface area contributed by atoms with Crippen LogP contribution in [0.25, 0.3) is 5.69 Å². The Bertz CT molecular complexity index is 681. The zero-order valence-corrected chi connectivity index (χ0v) is 11.5. The first-order chi connectivity index (χ1) is 10.2. The van der Waals surface area contributed by atoms with Crippen molar-refractivity contribution in [1.82, 2.24) is 19.7 Å². The number of ether oxygens (including phenoxy) is 1. The van der Waals surface area contributed by atoms with Crippen LogP contribution in [-0.2, 0) is 16.0 Å². The molecule has 0 fully saturated rings. The minimum absolute atomic E-state index is 0.0349. The fourth-order valence-electron chi connectivity index (χ4n) is 2.28. The second-order valence-electron chi connectivity index (χ2n) is 4.70. The van der Waals surface area contributed by atoms with Crippen molar-refractivity contribution < 1.29 is 14.3 Å². The lowest BCUT2D eigenvalue weighted by atomic mass is 10.1. The molecular weight excluding hydrogens is 272 g/mol. The SMILES string of the molecule is COC(=O)CN1CCc2nn(-c3cccnc3)cc2C1=O. The van der Waals surface area contributed by atoms with E-state index in [-0.39, 0.29) is 12.5 Å². The zero-order chi connectivity index (χ0) is 14.8. The number of rotatable bonds is 3. The molecule has 0 aromatic carbocycles. The van der Waals surface area contributed by atoms with Crippen molar-refractivity contribution in [3.05, 3.63) is 42.0 Å². The van der Waals surface area contributed by atoms with Crippen molar-refractivity contribution in [2.75, 3.05) is 20.2 Å². The lowest BCUT2D eigenvalue weighted by Crippen LogP contribution is -2.40. The molecule has 3 rings (SSSR count). The Morgan fingerprint density at radius 2 is 2.33 bits per heavy atom. The molecule has 0 bridgehead atoms. The van der Waals surface area contributed by atoms with Crippen LogP contribution >= 0.6 is 0 Å². The second-order valence-corrected chi connectivity index (χ2v) is 4.70. The van der Waals surface area contributed by atoms with Crippen molar-refractivity contribution in [1.29, 1.82) is 0 Å². The number of carbonyl (C=O) groups is 2. The maximum absolute atomic E-state index is 12.4. The highest BCUT2D eigenvalue weighted by Gasteiger charge is 2.29. The van der Waals surface area contributed by atoms with Crippen LogP contribution < -0.4 is 0 Å². The number of hydrogen-bond acceptors (Lipinski definition) is 5. The molecule has 108 valence electrons. The molecule has 0 unspecified atom stereocenters. The predicted octanol–water partition coefficient (Wildman–Crippen LogP) is 0.439. The average Bonchev–Trinajstić information content (AvgIpc) is 2.96. The van der Waals surface area contributed by atoms with Crippen molar-refractivity contribution in [2.24, 2.45) is 0 Å². The van der Waals surface area contributed by atoms with Crippen LogP contribution in [0.4, 0.5) is 0 Å². The number of methoxy groups -OCH3 is 1. The molecule has 0 N–H and O–H groups in total. The summed E-state index contributed by atoms with van der Waals surface area (Å²) < 4.78 is 6.24. The Labute approximate surface area is 121 Å². The van der Waals surface area contributed by atoms with E-state index in [1.165, 1.54) is 12.0 Å². The molecule has 2 aromatic rings. The lowest BCUT2D eigenvalue weighted by molar-refractivity contribution is -0.141. The molecule has 0 saturated carbocycles. The molecule has 0 radical (unpaired) electrons. The summed E-state index contributed by atoms with van der Waals surface area (Å²) in [7, 11) is 1.31. The highest BCUT2D eigenvalue weighted by Crippen LogP contribution is 2.19. The highest BCUT2D eigenvalue weighted by atomic mass is 16.5. The highest BCUT2D eigenvalue weighted by molar-refractivity contribution is 5.97. The maximum atomic E-state index is 12.4. The van der Waals surface area contributed by atoms with Crippen molar-refractivity contribution >= 4 is 11.9 Å². The van der Waals surface area contributed by atoms with Gasteiger partial charge in [-0.05, 0) is 12.1 Å². The Morgan fingerprint density at radius 3 is 3.05 bits per heavy atom. The summed E-state index contributed by atoms with van der Waals surface area (Å²) in [6.07, 6.45) is 5.65. The standard InChI is InChI=1S/C14H14N4O3/c1-21-13(19)9-17-6-4-12-11(14(17)20)8-18(16-12)10-3-2-5-15-7-10/h2-3,5,7-8H,4,6,9H2,1H3. The van der Waals surface area contributed by atoms with Gasteiger partial charge in [-0.2, -0.15) is 5.10 Å². The molecule has 1 amide bonds. The smallest absolute Gasteiger partial charge is 0.325 e. The van der Waals surface area contributed by atoms with Crippen LogP contribution in [0, 0.1) is 0 Å². The zero-order valence-electron chi connectivity index (χ0n) is 11.5. The minimum atomic E-state index is -0.425. The van der Waals surface area contributed by atoms with Gasteiger partial charge in [0, 0.05) is 25.4 Å². The van der Waals surface area contributed by atoms with Gasteiger partial charge in [0.25, 0.3) is 5.91 Å². The Kier molecular flexibility index (Phi) is 3.39. The van der Waals surface area contributed by atoms with E-state index in [1.807, 2.05) is 6.07 Å². The van der Waals surface area contributed by atoms with Gasteiger partial charge in [-0.3, -0.25) is 14.6 Å². The van der Waals surface area contributed by atoms with E-state index in [0.717, 1.165) is 11.4 Å². The van der Waals surface area contributed by atoms with Crippen molar-refractivity contribution in [3.63, 3.8) is 0 Å². The van der Waals surface area contributed by atoms with E-state index in [1.54, 1.807) is 29.3 Å². The summed E-state index contributed by atoms with van der Waals surface area (Å²) in [6, 6.07) is 3.67. The van der Waals surface area contributed by atoms with Gasteiger partial charge < -0.3 is 9.64 Å². The monoisotopic (exact) mass is 286 g/mol. The first-order valence-corrected chi connectivity index (χ1v) is 6.54. The van der Waals surface area contributed by atoms with Gasteiger partial charge in [-0.15, -0.1) is 0 Å². The van der Waals surface area contributed by atoms with E-state index in [4.69, 9.17) is 0 Å². The minimum Gasteiger partial charge on any atom is -0.468 e. The molecule has 0 aliphatic carbocycles. The molecular formula is C14H14N4O3. The van der Waals surface area contributed by atoms with Crippen LogP contribution in [0.3, 0.4) is 0 Å². The molecule has 3 heterocycles. The molecule has 1 aliphatic rings. The largest absolute Gasteiger partial charge is 0.468 e. The number of pyridine rings is 1. The van der Waals surface area contributed by atoms with E-state index in [0.29, 0.717) is 18.5 Å². The van der Waals surface area contributed by atoms with E-state index < -0.39 is 5.97 Å². The van der Waals surface area contributed by atoms with Gasteiger partial charge in [0.2, 0.25) is 0 Å². The fraction of sp³-hybridized carbons (Fsp3) is 0.286. The fourth-order valence-corrected chi connectivity index (χ4v) is 2.28. The topological polar surface area (TPSA) is 77.3 Å². The first kappa shape index (κ1) is 13.3. The summed E-state index contributed by atoms with van der Waals surface area (Å²) >= 11 is 0. The molecule has 21 heavy (non-hydrogen) atoms. The van der Waals surface area contributed by atoms with Crippen molar-refractivity contribution in [3.8, 4) is 5.69 Å². The number of aromatic nitrogens is 3. The molecule has 1 aliphatic heterocycles. The van der Waals surface area contributed by atoms with Gasteiger partial charge in [-0.25, -0.2) is 4.68 Å². The lowest BCUT2D eigenvalue weighted by Gasteiger charge is -2.24. The Morgan fingerprint density at radius 1 is 1.48 bits per heavy atom. The van der Waals surface area contributed by atoms with Crippen molar-refractivity contribution in [2.45, 2.75) is 6.42 Å². The van der Waals surface area contributed by atoms with Gasteiger partial charge >= 0.3 is 5.97 Å². The van der Waals surface area contributed by atoms with Gasteiger partial charge in [0.05, 0.1) is 30.3 Å². The number of hydrogen-bond donors (Lipinski definition) is 0. The number of carbonyl (C=O) groups excluding carboxylic acids is 2. The molecule has 0 saturated heterocycles. The van der Waals surface area contributed by atoms with Crippen LogP contribution in [0.1, 0.15) is 16.1 Å². The number of esters is 1. The van der Waals surface area contributed by atoms with E-state index >= 15 is 0 Å². The van der Waals surface area contributed by atoms with Crippen LogP contribution in [0.15, 0.2) is 30.7 Å². The quantitative estimate of drug-likeness (QED) is 0.765. The Hall–Kier alpha value is -2.70. The Balaban J connectivity index is 1.87. The molecule has 7 nitrogen and oxygen atoms in total. The predicted molar refractivity (Wildman–Crippen MR) is 73.0 cm³/mol. The summed E-state index contributed by atoms with van der Waals surface area (Å²) in [5, 5.41) is 4.42. The number of amides is 1. The molecule has 2 aromatic heterocycles. The summed E-state index contributed by atoms with van der Waals surface area (Å²) in [6.45, 7) is 0.428. The molecule has 0 atom stereocenters. The summed E-state index contributed by atoms with van der Waals surface area (Å²) in [5.74, 6) is -0.622. The van der Waals surface area contributed by atoms with Gasteiger partial charge in [0.15, 0.2) is 0 Å².